The first-order chi connectivity index (χ1) is 12.1. The quantitative estimate of drug-likeness (QED) is 0.743. The predicted molar refractivity (Wildman–Crippen MR) is 91.8 cm³/mol. The first kappa shape index (κ1) is 15.7. The van der Waals surface area contributed by atoms with Crippen molar-refractivity contribution in [2.75, 3.05) is 6.54 Å². The molecule has 130 valence electrons. The van der Waals surface area contributed by atoms with Gasteiger partial charge in [-0.3, -0.25) is 4.79 Å². The fraction of sp³-hybridized carbons (Fsp3) is 0.471. The molecule has 0 spiro atoms. The van der Waals surface area contributed by atoms with Gasteiger partial charge in [-0.2, -0.15) is 5.21 Å². The zero-order valence-electron chi connectivity index (χ0n) is 14.4. The van der Waals surface area contributed by atoms with Crippen LogP contribution < -0.4 is 0 Å². The van der Waals surface area contributed by atoms with E-state index in [1.165, 1.54) is 12.8 Å². The molecule has 0 saturated heterocycles. The highest BCUT2D eigenvalue weighted by atomic mass is 16.2. The van der Waals surface area contributed by atoms with Crippen LogP contribution in [-0.2, 0) is 6.54 Å². The topological polar surface area (TPSA) is 92.6 Å². The van der Waals surface area contributed by atoms with Crippen molar-refractivity contribution in [3.8, 4) is 0 Å². The number of aromatic amines is 1. The van der Waals surface area contributed by atoms with Crippen LogP contribution in [0.4, 0.5) is 0 Å². The summed E-state index contributed by atoms with van der Waals surface area (Å²) >= 11 is 0. The van der Waals surface area contributed by atoms with E-state index in [0.29, 0.717) is 36.4 Å². The fourth-order valence-electron chi connectivity index (χ4n) is 3.07. The molecular weight excluding hydrogens is 318 g/mol. The minimum Gasteiger partial charge on any atom is -0.331 e. The normalized spacial score (nSPS) is 14.4. The summed E-state index contributed by atoms with van der Waals surface area (Å²) in [6, 6.07) is 6.25. The van der Waals surface area contributed by atoms with E-state index in [2.05, 4.69) is 44.0 Å². The lowest BCUT2D eigenvalue weighted by Gasteiger charge is -2.23. The number of hydrogen-bond donors (Lipinski definition) is 1. The average molecular weight is 339 g/mol. The summed E-state index contributed by atoms with van der Waals surface area (Å²) in [5.41, 5.74) is 2.62. The second kappa shape index (κ2) is 6.27. The molecule has 1 N–H and O–H groups in total. The number of carbonyl (C=O) groups excluding carboxylic acids is 1. The van der Waals surface area contributed by atoms with Crippen LogP contribution >= 0.6 is 0 Å². The van der Waals surface area contributed by atoms with Crippen molar-refractivity contribution in [3.05, 3.63) is 35.9 Å². The van der Waals surface area contributed by atoms with Crippen molar-refractivity contribution in [3.63, 3.8) is 0 Å². The van der Waals surface area contributed by atoms with E-state index < -0.39 is 0 Å². The van der Waals surface area contributed by atoms with Crippen molar-refractivity contribution in [1.82, 2.24) is 35.1 Å². The SMILES string of the molecule is CC(C)CN(Cc1nn[nH]n1)C(=O)c1ccc2ncn(C3CC3)c2c1. The number of fused-ring (bicyclic) bond motifs is 1. The Kier molecular flexibility index (Phi) is 3.95. The van der Waals surface area contributed by atoms with Gasteiger partial charge in [-0.15, -0.1) is 10.2 Å². The molecule has 2 aromatic heterocycles. The van der Waals surface area contributed by atoms with Gasteiger partial charge < -0.3 is 9.47 Å². The third kappa shape index (κ3) is 3.24. The number of nitrogens with zero attached hydrogens (tertiary/aromatic N) is 6. The Bertz CT molecular complexity index is 880. The van der Waals surface area contributed by atoms with Gasteiger partial charge in [-0.25, -0.2) is 4.98 Å². The Labute approximate surface area is 145 Å². The maximum absolute atomic E-state index is 13.1. The smallest absolute Gasteiger partial charge is 0.254 e. The molecule has 1 aliphatic carbocycles. The van der Waals surface area contributed by atoms with E-state index in [9.17, 15) is 4.79 Å². The maximum Gasteiger partial charge on any atom is 0.254 e. The van der Waals surface area contributed by atoms with Gasteiger partial charge in [-0.05, 0) is 37.0 Å². The number of tetrazole rings is 1. The molecule has 0 aliphatic heterocycles. The zero-order chi connectivity index (χ0) is 17.4. The van der Waals surface area contributed by atoms with Crippen LogP contribution in [0, 0.1) is 5.92 Å². The average Bonchev–Trinajstić information content (AvgIpc) is 3.14. The molecule has 4 rings (SSSR count). The summed E-state index contributed by atoms with van der Waals surface area (Å²) in [7, 11) is 0. The van der Waals surface area contributed by atoms with Crippen molar-refractivity contribution in [1.29, 1.82) is 0 Å². The van der Waals surface area contributed by atoms with Crippen molar-refractivity contribution >= 4 is 16.9 Å². The molecule has 2 heterocycles. The van der Waals surface area contributed by atoms with Gasteiger partial charge >= 0.3 is 0 Å². The largest absolute Gasteiger partial charge is 0.331 e. The number of benzene rings is 1. The molecular formula is C17H21N7O. The second-order valence-corrected chi connectivity index (χ2v) is 6.99. The summed E-state index contributed by atoms with van der Waals surface area (Å²) in [6.07, 6.45) is 4.24. The number of amides is 1. The third-order valence-corrected chi connectivity index (χ3v) is 4.36. The summed E-state index contributed by atoms with van der Waals surface area (Å²) in [5, 5.41) is 14.0. The third-order valence-electron chi connectivity index (χ3n) is 4.36. The molecule has 8 nitrogen and oxygen atoms in total. The van der Waals surface area contributed by atoms with E-state index in [0.717, 1.165) is 11.0 Å². The highest BCUT2D eigenvalue weighted by molar-refractivity contribution is 5.97. The summed E-state index contributed by atoms with van der Waals surface area (Å²) in [6.45, 7) is 5.14. The van der Waals surface area contributed by atoms with E-state index in [1.807, 2.05) is 24.5 Å². The van der Waals surface area contributed by atoms with Gasteiger partial charge in [-0.1, -0.05) is 19.1 Å². The lowest BCUT2D eigenvalue weighted by atomic mass is 10.1. The van der Waals surface area contributed by atoms with Crippen molar-refractivity contribution < 1.29 is 4.79 Å². The maximum atomic E-state index is 13.1. The molecule has 0 unspecified atom stereocenters. The molecule has 0 bridgehead atoms. The van der Waals surface area contributed by atoms with Crippen LogP contribution in [0.5, 0.6) is 0 Å². The van der Waals surface area contributed by atoms with E-state index >= 15 is 0 Å². The Morgan fingerprint density at radius 2 is 2.24 bits per heavy atom. The fourth-order valence-corrected chi connectivity index (χ4v) is 3.07. The Balaban J connectivity index is 1.64. The number of aromatic nitrogens is 6. The van der Waals surface area contributed by atoms with E-state index in [4.69, 9.17) is 0 Å². The number of H-pyrrole nitrogens is 1. The lowest BCUT2D eigenvalue weighted by molar-refractivity contribution is 0.0718. The molecule has 1 amide bonds. The highest BCUT2D eigenvalue weighted by Gasteiger charge is 2.26. The van der Waals surface area contributed by atoms with Crippen LogP contribution in [0.1, 0.15) is 48.9 Å². The Morgan fingerprint density at radius 3 is 2.92 bits per heavy atom. The van der Waals surface area contributed by atoms with E-state index in [-0.39, 0.29) is 5.91 Å². The number of rotatable bonds is 6. The molecule has 8 heteroatoms. The van der Waals surface area contributed by atoms with Gasteiger partial charge in [0.2, 0.25) is 0 Å². The minimum atomic E-state index is -0.0241. The van der Waals surface area contributed by atoms with Crippen LogP contribution in [0.25, 0.3) is 11.0 Å². The second-order valence-electron chi connectivity index (χ2n) is 6.99. The number of carbonyl (C=O) groups is 1. The molecule has 0 radical (unpaired) electrons. The zero-order valence-corrected chi connectivity index (χ0v) is 14.4. The molecule has 1 saturated carbocycles. The Morgan fingerprint density at radius 1 is 1.40 bits per heavy atom. The molecule has 0 atom stereocenters. The van der Waals surface area contributed by atoms with Gasteiger partial charge in [0.05, 0.1) is 23.9 Å². The van der Waals surface area contributed by atoms with Crippen LogP contribution in [0.15, 0.2) is 24.5 Å². The minimum absolute atomic E-state index is 0.0241. The summed E-state index contributed by atoms with van der Waals surface area (Å²) in [5.74, 6) is 0.832. The number of nitrogens with one attached hydrogen (secondary N) is 1. The standard InChI is InChI=1S/C17H21N7O/c1-11(2)8-23(9-16-19-21-22-20-16)17(25)12-3-6-14-15(7-12)24(10-18-14)13-4-5-13/h3,6-7,10-11,13H,4-5,8-9H2,1-2H3,(H,19,20,21,22). The summed E-state index contributed by atoms with van der Waals surface area (Å²) in [4.78, 5) is 19.3. The van der Waals surface area contributed by atoms with Crippen LogP contribution in [-0.4, -0.2) is 47.5 Å². The van der Waals surface area contributed by atoms with Gasteiger partial charge in [0.25, 0.3) is 5.91 Å². The number of hydrogen-bond acceptors (Lipinski definition) is 5. The first-order valence-corrected chi connectivity index (χ1v) is 8.60. The summed E-state index contributed by atoms with van der Waals surface area (Å²) < 4.78 is 2.18. The molecule has 3 aromatic rings. The first-order valence-electron chi connectivity index (χ1n) is 8.60. The predicted octanol–water partition coefficient (Wildman–Crippen LogP) is 2.18. The Hall–Kier alpha value is -2.77. The van der Waals surface area contributed by atoms with Crippen molar-refractivity contribution in [2.24, 2.45) is 5.92 Å². The molecule has 25 heavy (non-hydrogen) atoms. The number of imidazole rings is 1. The van der Waals surface area contributed by atoms with Crippen molar-refractivity contribution in [2.45, 2.75) is 39.3 Å². The molecule has 1 fully saturated rings. The lowest BCUT2D eigenvalue weighted by Crippen LogP contribution is -2.34. The molecule has 1 aliphatic rings. The molecule has 1 aromatic carbocycles. The van der Waals surface area contributed by atoms with Crippen LogP contribution in [0.2, 0.25) is 0 Å². The highest BCUT2D eigenvalue weighted by Crippen LogP contribution is 2.37. The van der Waals surface area contributed by atoms with Gasteiger partial charge in [0.1, 0.15) is 0 Å². The van der Waals surface area contributed by atoms with Gasteiger partial charge in [0, 0.05) is 18.2 Å². The van der Waals surface area contributed by atoms with Gasteiger partial charge in [0.15, 0.2) is 5.82 Å². The monoisotopic (exact) mass is 339 g/mol. The van der Waals surface area contributed by atoms with Crippen LogP contribution in [0.3, 0.4) is 0 Å². The van der Waals surface area contributed by atoms with E-state index in [1.54, 1.807) is 4.90 Å².